The number of aliphatic hydroxyl groups is 1. The number of amides is 1. The van der Waals surface area contributed by atoms with Crippen LogP contribution in [0.3, 0.4) is 0 Å². The number of carbonyl (C=O) groups excluding carboxylic acids is 1. The summed E-state index contributed by atoms with van der Waals surface area (Å²) >= 11 is 0. The standard InChI is InChI=1S/C26H31NO4/c28-24(22-12-8-11-21(19-22)20-9-4-3-5-10-20)16-14-23-15-17-25(29)27(23)18-7-2-1-6-13-26(30)31/h3-5,8-12,14,16,19,23-24,28H,1-2,6-7,13,15,17-18H2,(H,30,31)/b16-14+/t23?,24-/m1/s1. The van der Waals surface area contributed by atoms with Gasteiger partial charge in [-0.15, -0.1) is 0 Å². The second-order valence-electron chi connectivity index (χ2n) is 8.07. The number of likely N-dealkylation sites (tertiary alicyclic amines) is 1. The molecule has 1 aliphatic rings. The van der Waals surface area contributed by atoms with E-state index in [4.69, 9.17) is 5.11 Å². The van der Waals surface area contributed by atoms with Crippen LogP contribution in [0.2, 0.25) is 0 Å². The van der Waals surface area contributed by atoms with Crippen LogP contribution in [-0.4, -0.2) is 39.6 Å². The van der Waals surface area contributed by atoms with Gasteiger partial charge < -0.3 is 15.1 Å². The molecule has 1 amide bonds. The zero-order chi connectivity index (χ0) is 22.1. The summed E-state index contributed by atoms with van der Waals surface area (Å²) in [5, 5.41) is 19.4. The summed E-state index contributed by atoms with van der Waals surface area (Å²) in [7, 11) is 0. The molecule has 31 heavy (non-hydrogen) atoms. The van der Waals surface area contributed by atoms with Gasteiger partial charge in [0.2, 0.25) is 5.91 Å². The lowest BCUT2D eigenvalue weighted by Crippen LogP contribution is -2.32. The van der Waals surface area contributed by atoms with E-state index in [9.17, 15) is 14.7 Å². The number of carboxylic acid groups (broad SMARTS) is 1. The number of carboxylic acids is 1. The SMILES string of the molecule is O=C(O)CCCCCCN1C(=O)CCC1/C=C/[C@@H](O)c1cccc(-c2ccccc2)c1. The van der Waals surface area contributed by atoms with Crippen molar-refractivity contribution in [2.45, 2.75) is 57.1 Å². The van der Waals surface area contributed by atoms with Crippen molar-refractivity contribution in [1.29, 1.82) is 0 Å². The number of rotatable bonds is 11. The Hall–Kier alpha value is -2.92. The van der Waals surface area contributed by atoms with Gasteiger partial charge in [-0.3, -0.25) is 9.59 Å². The highest BCUT2D eigenvalue weighted by Crippen LogP contribution is 2.26. The Balaban J connectivity index is 1.55. The number of hydrogen-bond acceptors (Lipinski definition) is 3. The van der Waals surface area contributed by atoms with Crippen molar-refractivity contribution < 1.29 is 19.8 Å². The van der Waals surface area contributed by atoms with Gasteiger partial charge in [0.25, 0.3) is 0 Å². The summed E-state index contributed by atoms with van der Waals surface area (Å²) in [6.45, 7) is 0.681. The van der Waals surface area contributed by atoms with E-state index < -0.39 is 12.1 Å². The van der Waals surface area contributed by atoms with Crippen LogP contribution in [0.1, 0.15) is 56.6 Å². The van der Waals surface area contributed by atoms with Gasteiger partial charge in [0.1, 0.15) is 0 Å². The lowest BCUT2D eigenvalue weighted by molar-refractivity contribution is -0.137. The van der Waals surface area contributed by atoms with Crippen LogP contribution in [0.25, 0.3) is 11.1 Å². The van der Waals surface area contributed by atoms with Crippen molar-refractivity contribution in [3.8, 4) is 11.1 Å². The van der Waals surface area contributed by atoms with Crippen LogP contribution in [0.15, 0.2) is 66.7 Å². The van der Waals surface area contributed by atoms with Crippen molar-refractivity contribution in [2.75, 3.05) is 6.54 Å². The predicted molar refractivity (Wildman–Crippen MR) is 121 cm³/mol. The molecule has 0 saturated carbocycles. The molecule has 0 radical (unpaired) electrons. The van der Waals surface area contributed by atoms with Crippen molar-refractivity contribution in [3.05, 3.63) is 72.3 Å². The molecule has 0 bridgehead atoms. The molecule has 1 heterocycles. The van der Waals surface area contributed by atoms with Gasteiger partial charge in [-0.05, 0) is 42.0 Å². The van der Waals surface area contributed by atoms with Crippen molar-refractivity contribution >= 4 is 11.9 Å². The van der Waals surface area contributed by atoms with Crippen molar-refractivity contribution in [2.24, 2.45) is 0 Å². The molecule has 1 aliphatic heterocycles. The van der Waals surface area contributed by atoms with Crippen molar-refractivity contribution in [1.82, 2.24) is 4.90 Å². The van der Waals surface area contributed by atoms with Gasteiger partial charge in [0.05, 0.1) is 12.1 Å². The Morgan fingerprint density at radius 2 is 1.77 bits per heavy atom. The maximum absolute atomic E-state index is 12.3. The quantitative estimate of drug-likeness (QED) is 0.397. The molecule has 164 valence electrons. The molecule has 2 aromatic rings. The number of benzene rings is 2. The highest BCUT2D eigenvalue weighted by molar-refractivity contribution is 5.79. The molecule has 0 aromatic heterocycles. The molecule has 1 saturated heterocycles. The van der Waals surface area contributed by atoms with Crippen LogP contribution >= 0.6 is 0 Å². The molecule has 2 aromatic carbocycles. The Morgan fingerprint density at radius 3 is 2.55 bits per heavy atom. The lowest BCUT2D eigenvalue weighted by atomic mass is 10.00. The maximum atomic E-state index is 12.3. The second kappa shape index (κ2) is 11.5. The average molecular weight is 422 g/mol. The Bertz CT molecular complexity index is 893. The van der Waals surface area contributed by atoms with Gasteiger partial charge in [-0.1, -0.05) is 73.5 Å². The minimum absolute atomic E-state index is 0.0125. The third kappa shape index (κ3) is 6.79. The molecule has 2 atom stereocenters. The van der Waals surface area contributed by atoms with Crippen LogP contribution in [-0.2, 0) is 9.59 Å². The first-order valence-electron chi connectivity index (χ1n) is 11.1. The van der Waals surface area contributed by atoms with E-state index in [1.807, 2.05) is 65.6 Å². The highest BCUT2D eigenvalue weighted by Gasteiger charge is 2.28. The van der Waals surface area contributed by atoms with E-state index in [1.54, 1.807) is 6.08 Å². The summed E-state index contributed by atoms with van der Waals surface area (Å²) in [5.41, 5.74) is 2.99. The molecule has 1 unspecified atom stereocenters. The van der Waals surface area contributed by atoms with E-state index in [1.165, 1.54) is 0 Å². The third-order valence-electron chi connectivity index (χ3n) is 5.77. The smallest absolute Gasteiger partial charge is 0.303 e. The van der Waals surface area contributed by atoms with E-state index in [-0.39, 0.29) is 18.4 Å². The Morgan fingerprint density at radius 1 is 1.03 bits per heavy atom. The largest absolute Gasteiger partial charge is 0.481 e. The summed E-state index contributed by atoms with van der Waals surface area (Å²) in [6, 6.07) is 18.0. The summed E-state index contributed by atoms with van der Waals surface area (Å²) in [4.78, 5) is 24.7. The predicted octanol–water partition coefficient (Wildman–Crippen LogP) is 4.97. The van der Waals surface area contributed by atoms with E-state index >= 15 is 0 Å². The van der Waals surface area contributed by atoms with Gasteiger partial charge in [0.15, 0.2) is 0 Å². The maximum Gasteiger partial charge on any atom is 0.303 e. The molecule has 1 fully saturated rings. The van der Waals surface area contributed by atoms with E-state index in [0.717, 1.165) is 42.4 Å². The molecule has 0 spiro atoms. The van der Waals surface area contributed by atoms with Crippen LogP contribution in [0.4, 0.5) is 0 Å². The molecule has 5 heteroatoms. The van der Waals surface area contributed by atoms with Gasteiger partial charge in [-0.25, -0.2) is 0 Å². The van der Waals surface area contributed by atoms with Crippen LogP contribution < -0.4 is 0 Å². The summed E-state index contributed by atoms with van der Waals surface area (Å²) in [5.74, 6) is -0.603. The molecule has 5 nitrogen and oxygen atoms in total. The fraction of sp³-hybridized carbons (Fsp3) is 0.385. The highest BCUT2D eigenvalue weighted by atomic mass is 16.4. The number of hydrogen-bond donors (Lipinski definition) is 2. The first-order chi connectivity index (χ1) is 15.0. The fourth-order valence-electron chi connectivity index (χ4n) is 4.04. The van der Waals surface area contributed by atoms with Gasteiger partial charge in [-0.2, -0.15) is 0 Å². The molecule has 2 N–H and O–H groups in total. The number of unbranched alkanes of at least 4 members (excludes halogenated alkanes) is 3. The number of aliphatic carboxylic acids is 1. The number of nitrogens with zero attached hydrogens (tertiary/aromatic N) is 1. The van der Waals surface area contributed by atoms with E-state index in [0.29, 0.717) is 19.4 Å². The molecule has 3 rings (SSSR count). The number of carbonyl (C=O) groups is 2. The summed E-state index contributed by atoms with van der Waals surface area (Å²) in [6.07, 6.45) is 7.86. The monoisotopic (exact) mass is 421 g/mol. The van der Waals surface area contributed by atoms with Crippen molar-refractivity contribution in [3.63, 3.8) is 0 Å². The first-order valence-corrected chi connectivity index (χ1v) is 11.1. The Kier molecular flexibility index (Phi) is 8.42. The zero-order valence-corrected chi connectivity index (χ0v) is 17.8. The minimum atomic E-state index is -0.757. The average Bonchev–Trinajstić information content (AvgIpc) is 3.14. The van der Waals surface area contributed by atoms with Crippen LogP contribution in [0, 0.1) is 0 Å². The topological polar surface area (TPSA) is 77.8 Å². The first kappa shape index (κ1) is 22.8. The van der Waals surface area contributed by atoms with E-state index in [2.05, 4.69) is 0 Å². The molecular formula is C26H31NO4. The minimum Gasteiger partial charge on any atom is -0.481 e. The third-order valence-corrected chi connectivity index (χ3v) is 5.77. The normalized spacial score (nSPS) is 17.4. The number of aliphatic hydroxyl groups excluding tert-OH is 1. The van der Waals surface area contributed by atoms with Gasteiger partial charge in [0, 0.05) is 19.4 Å². The molecular weight excluding hydrogens is 390 g/mol. The molecule has 0 aliphatic carbocycles. The zero-order valence-electron chi connectivity index (χ0n) is 17.8. The lowest BCUT2D eigenvalue weighted by Gasteiger charge is -2.22. The fourth-order valence-corrected chi connectivity index (χ4v) is 4.04. The van der Waals surface area contributed by atoms with Crippen LogP contribution in [0.5, 0.6) is 0 Å². The van der Waals surface area contributed by atoms with Gasteiger partial charge >= 0.3 is 5.97 Å². The second-order valence-corrected chi connectivity index (χ2v) is 8.07. The summed E-state index contributed by atoms with van der Waals surface area (Å²) < 4.78 is 0. The Labute approximate surface area is 184 Å².